The van der Waals surface area contributed by atoms with E-state index in [1.165, 1.54) is 38.4 Å². The van der Waals surface area contributed by atoms with E-state index in [-0.39, 0.29) is 17.0 Å². The molecule has 0 saturated carbocycles. The first-order chi connectivity index (χ1) is 16.8. The molecule has 0 bridgehead atoms. The molecule has 176 valence electrons. The molecular formula is C30H27Br2N3. The van der Waals surface area contributed by atoms with E-state index < -0.39 is 0 Å². The molecule has 0 saturated heterocycles. The van der Waals surface area contributed by atoms with Gasteiger partial charge in [0.05, 0.1) is 6.54 Å². The Kier molecular flexibility index (Phi) is 7.07. The monoisotopic (exact) mass is 587 g/mol. The predicted molar refractivity (Wildman–Crippen MR) is 144 cm³/mol. The van der Waals surface area contributed by atoms with Crippen LogP contribution in [0.1, 0.15) is 18.4 Å². The van der Waals surface area contributed by atoms with E-state index in [1.807, 2.05) is 0 Å². The molecule has 0 radical (unpaired) electrons. The lowest BCUT2D eigenvalue weighted by Gasteiger charge is -2.07. The van der Waals surface area contributed by atoms with Crippen LogP contribution in [0.2, 0.25) is 0 Å². The molecule has 0 N–H and O–H groups in total. The molecular weight excluding hydrogens is 562 g/mol. The van der Waals surface area contributed by atoms with E-state index in [9.17, 15) is 0 Å². The van der Waals surface area contributed by atoms with Crippen molar-refractivity contribution < 1.29 is 21.5 Å². The van der Waals surface area contributed by atoms with E-state index in [2.05, 4.69) is 133 Å². The Balaban J connectivity index is 0.00000253. The van der Waals surface area contributed by atoms with E-state index in [0.29, 0.717) is 0 Å². The van der Waals surface area contributed by atoms with Crippen LogP contribution in [0, 0.1) is 0 Å². The molecule has 4 aromatic carbocycles. The Bertz CT molecular complexity index is 1560. The number of hydrogen-bond acceptors (Lipinski definition) is 0. The van der Waals surface area contributed by atoms with E-state index in [1.54, 1.807) is 0 Å². The minimum Gasteiger partial charge on any atom is -1.00 e. The van der Waals surface area contributed by atoms with Crippen molar-refractivity contribution in [3.8, 4) is 0 Å². The Morgan fingerprint density at radius 2 is 1.20 bits per heavy atom. The van der Waals surface area contributed by atoms with Crippen LogP contribution in [0.4, 0.5) is 0 Å². The third kappa shape index (κ3) is 4.55. The van der Waals surface area contributed by atoms with Gasteiger partial charge >= 0.3 is 0 Å². The Morgan fingerprint density at radius 1 is 0.629 bits per heavy atom. The second-order valence-corrected chi connectivity index (χ2v) is 9.76. The van der Waals surface area contributed by atoms with Crippen LogP contribution < -0.4 is 21.5 Å². The van der Waals surface area contributed by atoms with Crippen molar-refractivity contribution >= 4 is 48.8 Å². The number of aromatic nitrogens is 3. The maximum absolute atomic E-state index is 3.71. The largest absolute Gasteiger partial charge is 1.00 e. The van der Waals surface area contributed by atoms with Crippen LogP contribution in [0.25, 0.3) is 32.8 Å². The van der Waals surface area contributed by atoms with Crippen molar-refractivity contribution in [2.45, 2.75) is 32.5 Å². The van der Waals surface area contributed by atoms with Crippen LogP contribution in [-0.4, -0.2) is 9.13 Å². The highest BCUT2D eigenvalue weighted by atomic mass is 79.9. The summed E-state index contributed by atoms with van der Waals surface area (Å²) in [6, 6.07) is 34.8. The van der Waals surface area contributed by atoms with Crippen molar-refractivity contribution in [3.05, 3.63) is 113 Å². The topological polar surface area (TPSA) is 13.7 Å². The maximum atomic E-state index is 3.71. The van der Waals surface area contributed by atoms with Gasteiger partial charge in [-0.1, -0.05) is 82.7 Å². The van der Waals surface area contributed by atoms with Gasteiger partial charge in [0.25, 0.3) is 0 Å². The van der Waals surface area contributed by atoms with Crippen molar-refractivity contribution in [3.63, 3.8) is 0 Å². The first kappa shape index (κ1) is 23.8. The molecule has 0 aliphatic heterocycles. The van der Waals surface area contributed by atoms with Crippen LogP contribution in [-0.2, 0) is 19.6 Å². The molecule has 0 atom stereocenters. The molecule has 0 fully saturated rings. The zero-order valence-electron chi connectivity index (χ0n) is 19.4. The summed E-state index contributed by atoms with van der Waals surface area (Å²) < 4.78 is 8.43. The fraction of sp³-hybridized carbons (Fsp3) is 0.167. The van der Waals surface area contributed by atoms with Crippen LogP contribution >= 0.6 is 15.9 Å². The van der Waals surface area contributed by atoms with Gasteiger partial charge < -0.3 is 21.5 Å². The number of hydrogen-bond donors (Lipinski definition) is 0. The Morgan fingerprint density at radius 3 is 1.91 bits per heavy atom. The summed E-state index contributed by atoms with van der Waals surface area (Å²) in [5.74, 6) is 0. The molecule has 6 rings (SSSR count). The van der Waals surface area contributed by atoms with Gasteiger partial charge in [-0.15, -0.1) is 0 Å². The molecule has 6 aromatic rings. The highest BCUT2D eigenvalue weighted by Crippen LogP contribution is 2.29. The summed E-state index contributed by atoms with van der Waals surface area (Å²) in [7, 11) is 0. The Hall–Kier alpha value is -2.89. The summed E-state index contributed by atoms with van der Waals surface area (Å²) >= 11 is 3.71. The van der Waals surface area contributed by atoms with Gasteiger partial charge in [-0.2, -0.15) is 0 Å². The average molecular weight is 589 g/mol. The van der Waals surface area contributed by atoms with Gasteiger partial charge in [0.15, 0.2) is 11.0 Å². The fourth-order valence-corrected chi connectivity index (χ4v) is 5.56. The second kappa shape index (κ2) is 10.4. The molecule has 35 heavy (non-hydrogen) atoms. The molecule has 0 unspecified atom stereocenters. The number of halogens is 2. The second-order valence-electron chi connectivity index (χ2n) is 8.91. The standard InChI is InChI=1S/C30H27BrN3.BrH/c31-26-14-4-1-11-23(26)21-33-22-32(29-17-7-8-18-30(29)33)19-9-10-20-34-27-15-5-2-12-24(27)25-13-3-6-16-28(25)34;/h1-8,11-18,22H,9-10,19-21H2;1H/q+1;/p-1. The van der Waals surface area contributed by atoms with Crippen molar-refractivity contribution in [1.29, 1.82) is 0 Å². The van der Waals surface area contributed by atoms with Crippen LogP contribution in [0.5, 0.6) is 0 Å². The zero-order chi connectivity index (χ0) is 22.9. The summed E-state index contributed by atoms with van der Waals surface area (Å²) in [6.07, 6.45) is 4.55. The van der Waals surface area contributed by atoms with Crippen molar-refractivity contribution in [1.82, 2.24) is 9.13 Å². The number of para-hydroxylation sites is 4. The van der Waals surface area contributed by atoms with E-state index in [4.69, 9.17) is 0 Å². The third-order valence-corrected chi connectivity index (χ3v) is 7.56. The number of unbranched alkanes of at least 4 members (excludes halogenated alkanes) is 1. The SMILES string of the molecule is Brc1ccccc1C[n+]1cn(CCCCn2c3ccccc3c3ccccc32)c2ccccc21.[Br-]. The van der Waals surface area contributed by atoms with Crippen LogP contribution in [0.3, 0.4) is 0 Å². The highest BCUT2D eigenvalue weighted by Gasteiger charge is 2.16. The number of aryl methyl sites for hydroxylation is 2. The predicted octanol–water partition coefficient (Wildman–Crippen LogP) is 4.33. The normalized spacial score (nSPS) is 11.3. The van der Waals surface area contributed by atoms with Gasteiger partial charge in [-0.3, -0.25) is 0 Å². The number of fused-ring (bicyclic) bond motifs is 4. The third-order valence-electron chi connectivity index (χ3n) is 6.79. The maximum Gasteiger partial charge on any atom is 0.245 e. The van der Waals surface area contributed by atoms with Gasteiger partial charge in [0.2, 0.25) is 6.33 Å². The average Bonchev–Trinajstić information content (AvgIpc) is 3.39. The van der Waals surface area contributed by atoms with Gasteiger partial charge in [-0.25, -0.2) is 9.13 Å². The molecule has 0 amide bonds. The molecule has 0 spiro atoms. The minimum atomic E-state index is 0. The summed E-state index contributed by atoms with van der Waals surface area (Å²) in [4.78, 5) is 0. The lowest BCUT2D eigenvalue weighted by Crippen LogP contribution is -3.00. The molecule has 3 nitrogen and oxygen atoms in total. The summed E-state index contributed by atoms with van der Waals surface area (Å²) in [5.41, 5.74) is 6.54. The molecule has 2 heterocycles. The summed E-state index contributed by atoms with van der Waals surface area (Å²) in [5, 5.41) is 2.70. The first-order valence-corrected chi connectivity index (χ1v) is 12.8. The molecule has 0 aliphatic rings. The number of rotatable bonds is 7. The number of nitrogens with zero attached hydrogens (tertiary/aromatic N) is 3. The Labute approximate surface area is 224 Å². The van der Waals surface area contributed by atoms with Gasteiger partial charge in [-0.05, 0) is 43.2 Å². The van der Waals surface area contributed by atoms with Gasteiger partial charge in [0.1, 0.15) is 6.54 Å². The van der Waals surface area contributed by atoms with Crippen LogP contribution in [0.15, 0.2) is 108 Å². The first-order valence-electron chi connectivity index (χ1n) is 12.0. The number of benzene rings is 4. The van der Waals surface area contributed by atoms with Crippen molar-refractivity contribution in [2.75, 3.05) is 0 Å². The lowest BCUT2D eigenvalue weighted by molar-refractivity contribution is -0.663. The van der Waals surface area contributed by atoms with Gasteiger partial charge in [0, 0.05) is 38.4 Å². The van der Waals surface area contributed by atoms with E-state index in [0.717, 1.165) is 36.9 Å². The molecule has 2 aromatic heterocycles. The lowest BCUT2D eigenvalue weighted by atomic mass is 10.2. The molecule has 5 heteroatoms. The quantitative estimate of drug-likeness (QED) is 0.195. The smallest absolute Gasteiger partial charge is 0.245 e. The zero-order valence-corrected chi connectivity index (χ0v) is 22.6. The molecule has 0 aliphatic carbocycles. The van der Waals surface area contributed by atoms with E-state index >= 15 is 0 Å². The number of imidazole rings is 1. The fourth-order valence-electron chi connectivity index (χ4n) is 5.15. The van der Waals surface area contributed by atoms with Crippen molar-refractivity contribution in [2.24, 2.45) is 0 Å². The summed E-state index contributed by atoms with van der Waals surface area (Å²) in [6.45, 7) is 2.90. The highest BCUT2D eigenvalue weighted by molar-refractivity contribution is 9.10. The minimum absolute atomic E-state index is 0.